The van der Waals surface area contributed by atoms with Gasteiger partial charge < -0.3 is 23.9 Å². The van der Waals surface area contributed by atoms with E-state index in [1.165, 1.54) is 14.0 Å². The quantitative estimate of drug-likeness (QED) is 0.193. The topological polar surface area (TPSA) is 87.9 Å². The third-order valence-corrected chi connectivity index (χ3v) is 4.44. The number of esters is 1. The SMILES string of the molecule is CO/N=C(/C(=O)OC)c1cccc(C)c1CO/N=C(\C)c1ccc(OC(F)(F)F)cc1OC(F)(F)F. The summed E-state index contributed by atoms with van der Waals surface area (Å²) in [5.74, 6) is -2.69. The summed E-state index contributed by atoms with van der Waals surface area (Å²) >= 11 is 0. The lowest BCUT2D eigenvalue weighted by atomic mass is 9.99. The van der Waals surface area contributed by atoms with Crippen LogP contribution < -0.4 is 9.47 Å². The normalized spacial score (nSPS) is 12.7. The van der Waals surface area contributed by atoms with Crippen LogP contribution in [0.3, 0.4) is 0 Å². The molecule has 0 bridgehead atoms. The van der Waals surface area contributed by atoms with Gasteiger partial charge in [-0.15, -0.1) is 26.3 Å². The van der Waals surface area contributed by atoms with Gasteiger partial charge in [0.2, 0.25) is 0 Å². The maximum Gasteiger partial charge on any atom is 0.573 e. The highest BCUT2D eigenvalue weighted by atomic mass is 19.4. The van der Waals surface area contributed by atoms with Crippen LogP contribution in [-0.2, 0) is 25.8 Å². The Balaban J connectivity index is 2.37. The number of rotatable bonds is 9. The summed E-state index contributed by atoms with van der Waals surface area (Å²) < 4.78 is 88.1. The number of oxime groups is 2. The number of ether oxygens (including phenoxy) is 3. The Labute approximate surface area is 201 Å². The van der Waals surface area contributed by atoms with Crippen LogP contribution in [0.4, 0.5) is 26.3 Å². The fourth-order valence-electron chi connectivity index (χ4n) is 2.95. The number of benzene rings is 2. The van der Waals surface area contributed by atoms with E-state index in [-0.39, 0.29) is 23.6 Å². The maximum atomic E-state index is 12.8. The molecule has 0 saturated heterocycles. The van der Waals surface area contributed by atoms with E-state index in [0.29, 0.717) is 22.8 Å². The van der Waals surface area contributed by atoms with Gasteiger partial charge in [-0.3, -0.25) is 0 Å². The number of hydrogen-bond acceptors (Lipinski definition) is 8. The number of alkyl halides is 6. The lowest BCUT2D eigenvalue weighted by molar-refractivity contribution is -0.276. The standard InChI is InChI=1S/C22H20F6N2O6/c1-12-6-5-7-16(19(30-33-4)20(31)32-3)17(12)11-34-29-13(2)15-9-8-14(35-21(23,24)25)10-18(15)36-22(26,27)28/h5-10H,11H2,1-4H3/b29-13+,30-19+. The first kappa shape index (κ1) is 28.3. The lowest BCUT2D eigenvalue weighted by Gasteiger charge is -2.16. The van der Waals surface area contributed by atoms with Crippen molar-refractivity contribution in [2.24, 2.45) is 10.3 Å². The summed E-state index contributed by atoms with van der Waals surface area (Å²) in [6, 6.07) is 7.03. The fraction of sp³-hybridized carbons (Fsp3) is 0.318. The van der Waals surface area contributed by atoms with Gasteiger partial charge >= 0.3 is 18.7 Å². The second-order valence-electron chi connectivity index (χ2n) is 6.92. The third kappa shape index (κ3) is 8.06. The van der Waals surface area contributed by atoms with Gasteiger partial charge in [0.15, 0.2) is 5.71 Å². The molecule has 0 amide bonds. The zero-order chi connectivity index (χ0) is 27.1. The first-order valence-electron chi connectivity index (χ1n) is 9.86. The molecule has 0 aliphatic heterocycles. The molecule has 0 saturated carbocycles. The Morgan fingerprint density at radius 3 is 2.17 bits per heavy atom. The molecule has 0 heterocycles. The molecule has 0 radical (unpaired) electrons. The Hall–Kier alpha value is -3.97. The summed E-state index contributed by atoms with van der Waals surface area (Å²) in [5.41, 5.74) is 0.777. The van der Waals surface area contributed by atoms with Crippen LogP contribution in [0.5, 0.6) is 11.5 Å². The molecule has 0 aliphatic rings. The van der Waals surface area contributed by atoms with Gasteiger partial charge in [0.25, 0.3) is 0 Å². The number of nitrogens with zero attached hydrogens (tertiary/aromatic N) is 2. The second kappa shape index (κ2) is 11.6. The van der Waals surface area contributed by atoms with Gasteiger partial charge in [0.1, 0.15) is 25.2 Å². The predicted octanol–water partition coefficient (Wildman–Crippen LogP) is 5.26. The lowest BCUT2D eigenvalue weighted by Crippen LogP contribution is -2.20. The number of hydrogen-bond donors (Lipinski definition) is 0. The minimum atomic E-state index is -5.20. The van der Waals surface area contributed by atoms with E-state index in [1.807, 2.05) is 0 Å². The van der Waals surface area contributed by atoms with Crippen molar-refractivity contribution in [1.82, 2.24) is 0 Å². The molecular formula is C22H20F6N2O6. The monoisotopic (exact) mass is 522 g/mol. The maximum absolute atomic E-state index is 12.8. The van der Waals surface area contributed by atoms with Crippen molar-refractivity contribution in [1.29, 1.82) is 0 Å². The van der Waals surface area contributed by atoms with E-state index in [2.05, 4.69) is 19.8 Å². The minimum Gasteiger partial charge on any atom is -0.464 e. The van der Waals surface area contributed by atoms with Crippen molar-refractivity contribution in [2.75, 3.05) is 14.2 Å². The summed E-state index contributed by atoms with van der Waals surface area (Å²) in [6.45, 7) is 2.70. The van der Waals surface area contributed by atoms with Crippen LogP contribution in [0.25, 0.3) is 0 Å². The molecular weight excluding hydrogens is 502 g/mol. The van der Waals surface area contributed by atoms with Crippen molar-refractivity contribution in [3.05, 3.63) is 58.7 Å². The number of carbonyl (C=O) groups is 1. The number of carbonyl (C=O) groups excluding carboxylic acids is 1. The number of methoxy groups -OCH3 is 1. The van der Waals surface area contributed by atoms with Crippen LogP contribution in [0.1, 0.15) is 29.2 Å². The molecule has 8 nitrogen and oxygen atoms in total. The summed E-state index contributed by atoms with van der Waals surface area (Å²) in [5, 5.41) is 7.43. The molecule has 36 heavy (non-hydrogen) atoms. The summed E-state index contributed by atoms with van der Waals surface area (Å²) in [4.78, 5) is 22.1. The van der Waals surface area contributed by atoms with Gasteiger partial charge in [0, 0.05) is 22.8 Å². The Morgan fingerprint density at radius 1 is 0.917 bits per heavy atom. The van der Waals surface area contributed by atoms with E-state index in [4.69, 9.17) is 14.4 Å². The molecule has 196 valence electrons. The highest BCUT2D eigenvalue weighted by Gasteiger charge is 2.35. The van der Waals surface area contributed by atoms with E-state index in [1.54, 1.807) is 25.1 Å². The number of halogens is 6. The first-order valence-corrected chi connectivity index (χ1v) is 9.86. The zero-order valence-corrected chi connectivity index (χ0v) is 19.3. The van der Waals surface area contributed by atoms with E-state index in [9.17, 15) is 31.1 Å². The zero-order valence-electron chi connectivity index (χ0n) is 19.3. The Morgan fingerprint density at radius 2 is 1.58 bits per heavy atom. The molecule has 2 aromatic rings. The van der Waals surface area contributed by atoms with Gasteiger partial charge in [0.05, 0.1) is 12.8 Å². The second-order valence-corrected chi connectivity index (χ2v) is 6.92. The van der Waals surface area contributed by atoms with Gasteiger partial charge in [-0.1, -0.05) is 28.5 Å². The largest absolute Gasteiger partial charge is 0.573 e. The smallest absolute Gasteiger partial charge is 0.464 e. The summed E-state index contributed by atoms with van der Waals surface area (Å²) in [7, 11) is 2.38. The molecule has 0 N–H and O–H groups in total. The van der Waals surface area contributed by atoms with Crippen LogP contribution in [0.15, 0.2) is 46.7 Å². The van der Waals surface area contributed by atoms with Crippen LogP contribution in [0.2, 0.25) is 0 Å². The Bertz CT molecular complexity index is 1140. The molecule has 0 aliphatic carbocycles. The molecule has 0 unspecified atom stereocenters. The van der Waals surface area contributed by atoms with Crippen molar-refractivity contribution in [3.63, 3.8) is 0 Å². The van der Waals surface area contributed by atoms with Crippen LogP contribution in [0, 0.1) is 6.92 Å². The molecule has 0 atom stereocenters. The van der Waals surface area contributed by atoms with Gasteiger partial charge in [-0.05, 0) is 31.5 Å². The van der Waals surface area contributed by atoms with Crippen molar-refractivity contribution < 1.29 is 55.0 Å². The average Bonchev–Trinajstić information content (AvgIpc) is 2.76. The van der Waals surface area contributed by atoms with Crippen molar-refractivity contribution >= 4 is 17.4 Å². The van der Waals surface area contributed by atoms with Gasteiger partial charge in [-0.2, -0.15) is 0 Å². The van der Waals surface area contributed by atoms with Crippen LogP contribution in [-0.4, -0.2) is 44.3 Å². The fourth-order valence-corrected chi connectivity index (χ4v) is 2.95. The summed E-state index contributed by atoms with van der Waals surface area (Å²) in [6.07, 6.45) is -10.3. The highest BCUT2D eigenvalue weighted by molar-refractivity contribution is 6.43. The number of aryl methyl sites for hydroxylation is 1. The molecule has 0 spiro atoms. The van der Waals surface area contributed by atoms with E-state index >= 15 is 0 Å². The molecule has 0 fully saturated rings. The van der Waals surface area contributed by atoms with Gasteiger partial charge in [-0.25, -0.2) is 4.79 Å². The van der Waals surface area contributed by atoms with E-state index < -0.39 is 30.2 Å². The van der Waals surface area contributed by atoms with Crippen molar-refractivity contribution in [2.45, 2.75) is 33.2 Å². The third-order valence-electron chi connectivity index (χ3n) is 4.44. The first-order chi connectivity index (χ1) is 16.8. The Kier molecular flexibility index (Phi) is 9.14. The highest BCUT2D eigenvalue weighted by Crippen LogP contribution is 2.33. The molecule has 2 aromatic carbocycles. The predicted molar refractivity (Wildman–Crippen MR) is 114 cm³/mol. The molecule has 14 heteroatoms. The molecule has 0 aromatic heterocycles. The minimum absolute atomic E-state index is 0.151. The average molecular weight is 522 g/mol. The van der Waals surface area contributed by atoms with E-state index in [0.717, 1.165) is 19.2 Å². The molecule has 2 rings (SSSR count). The van der Waals surface area contributed by atoms with Crippen LogP contribution >= 0.6 is 0 Å². The van der Waals surface area contributed by atoms with Crippen molar-refractivity contribution in [3.8, 4) is 11.5 Å².